The molecule has 0 aromatic rings. The van der Waals surface area contributed by atoms with E-state index in [1.54, 1.807) is 7.11 Å². The third-order valence-corrected chi connectivity index (χ3v) is 2.98. The third kappa shape index (κ3) is 3.47. The summed E-state index contributed by atoms with van der Waals surface area (Å²) in [5.41, 5.74) is 0. The molecule has 15 heavy (non-hydrogen) atoms. The second-order valence-corrected chi connectivity index (χ2v) is 4.08. The first kappa shape index (κ1) is 12.5. The first-order valence-corrected chi connectivity index (χ1v) is 5.53. The van der Waals surface area contributed by atoms with Gasteiger partial charge in [0.15, 0.2) is 0 Å². The number of piperidine rings is 1. The number of ether oxygens (including phenoxy) is 2. The van der Waals surface area contributed by atoms with E-state index in [0.29, 0.717) is 0 Å². The van der Waals surface area contributed by atoms with Crippen LogP contribution in [-0.4, -0.2) is 50.3 Å². The minimum absolute atomic E-state index is 0.0682. The van der Waals surface area contributed by atoms with Crippen molar-refractivity contribution in [3.63, 3.8) is 0 Å². The third-order valence-electron chi connectivity index (χ3n) is 2.98. The van der Waals surface area contributed by atoms with Gasteiger partial charge >= 0.3 is 5.97 Å². The van der Waals surface area contributed by atoms with Crippen LogP contribution in [0.1, 0.15) is 26.2 Å². The Morgan fingerprint density at radius 2 is 2.20 bits per heavy atom. The van der Waals surface area contributed by atoms with Gasteiger partial charge in [0.25, 0.3) is 0 Å². The van der Waals surface area contributed by atoms with Crippen LogP contribution in [0.2, 0.25) is 0 Å². The average molecular weight is 215 g/mol. The van der Waals surface area contributed by atoms with Crippen molar-refractivity contribution < 1.29 is 14.3 Å². The number of esters is 1. The average Bonchev–Trinajstić information content (AvgIpc) is 2.28. The predicted molar refractivity (Wildman–Crippen MR) is 57.7 cm³/mol. The van der Waals surface area contributed by atoms with Crippen LogP contribution in [-0.2, 0) is 14.3 Å². The van der Waals surface area contributed by atoms with Crippen molar-refractivity contribution in [1.29, 1.82) is 0 Å². The number of hydrogen-bond donors (Lipinski definition) is 0. The molecule has 2 atom stereocenters. The van der Waals surface area contributed by atoms with Crippen LogP contribution < -0.4 is 0 Å². The van der Waals surface area contributed by atoms with Gasteiger partial charge in [-0.15, -0.1) is 0 Å². The van der Waals surface area contributed by atoms with Crippen molar-refractivity contribution in [2.45, 2.75) is 38.3 Å². The summed E-state index contributed by atoms with van der Waals surface area (Å²) < 4.78 is 10.0. The molecule has 88 valence electrons. The van der Waals surface area contributed by atoms with E-state index in [-0.39, 0.29) is 18.1 Å². The maximum absolute atomic E-state index is 11.5. The number of nitrogens with zero attached hydrogens (tertiary/aromatic N) is 1. The normalized spacial score (nSPS) is 24.9. The fourth-order valence-corrected chi connectivity index (χ4v) is 2.02. The Hall–Kier alpha value is -0.610. The molecule has 0 aliphatic carbocycles. The molecule has 1 heterocycles. The molecule has 0 radical (unpaired) electrons. The molecule has 1 aliphatic heterocycles. The van der Waals surface area contributed by atoms with Crippen molar-refractivity contribution >= 4 is 5.97 Å². The Balaban J connectivity index is 2.53. The van der Waals surface area contributed by atoms with E-state index in [4.69, 9.17) is 9.47 Å². The minimum atomic E-state index is -0.113. The molecule has 4 heteroatoms. The lowest BCUT2D eigenvalue weighted by Gasteiger charge is -2.34. The molecule has 0 aromatic heterocycles. The Kier molecular flexibility index (Phi) is 5.05. The highest BCUT2D eigenvalue weighted by molar-refractivity contribution is 5.75. The molecular formula is C11H21NO3. The maximum atomic E-state index is 11.5. The molecule has 0 N–H and O–H groups in total. The highest BCUT2D eigenvalue weighted by atomic mass is 16.5. The van der Waals surface area contributed by atoms with Crippen LogP contribution in [0.15, 0.2) is 0 Å². The SMILES string of the molecule is COC(=O)[C@H]1CCCCN1CC(C)OC. The van der Waals surface area contributed by atoms with E-state index in [2.05, 4.69) is 4.90 Å². The predicted octanol–water partition coefficient (Wildman–Crippen LogP) is 1.05. The van der Waals surface area contributed by atoms with Gasteiger partial charge in [0, 0.05) is 13.7 Å². The van der Waals surface area contributed by atoms with Crippen molar-refractivity contribution in [2.75, 3.05) is 27.3 Å². The van der Waals surface area contributed by atoms with E-state index in [1.807, 2.05) is 6.92 Å². The van der Waals surface area contributed by atoms with Crippen LogP contribution in [0.3, 0.4) is 0 Å². The standard InChI is InChI=1S/C11H21NO3/c1-9(14-2)8-12-7-5-4-6-10(12)11(13)15-3/h9-10H,4-8H2,1-3H3/t9?,10-/m1/s1. The van der Waals surface area contributed by atoms with Gasteiger partial charge in [-0.1, -0.05) is 6.42 Å². The topological polar surface area (TPSA) is 38.8 Å². The smallest absolute Gasteiger partial charge is 0.323 e. The summed E-state index contributed by atoms with van der Waals surface area (Å²) in [6.07, 6.45) is 3.33. The Bertz CT molecular complexity index is 208. The summed E-state index contributed by atoms with van der Waals surface area (Å²) in [6, 6.07) is -0.0682. The maximum Gasteiger partial charge on any atom is 0.323 e. The highest BCUT2D eigenvalue weighted by Gasteiger charge is 2.29. The van der Waals surface area contributed by atoms with Gasteiger partial charge in [0.2, 0.25) is 0 Å². The van der Waals surface area contributed by atoms with Gasteiger partial charge in [-0.2, -0.15) is 0 Å². The van der Waals surface area contributed by atoms with Crippen LogP contribution in [0.25, 0.3) is 0 Å². The fraction of sp³-hybridized carbons (Fsp3) is 0.909. The number of rotatable bonds is 4. The zero-order chi connectivity index (χ0) is 11.3. The first-order chi connectivity index (χ1) is 7.19. The monoisotopic (exact) mass is 215 g/mol. The van der Waals surface area contributed by atoms with E-state index < -0.39 is 0 Å². The fourth-order valence-electron chi connectivity index (χ4n) is 2.02. The van der Waals surface area contributed by atoms with Gasteiger partial charge in [0.1, 0.15) is 6.04 Å². The first-order valence-electron chi connectivity index (χ1n) is 5.53. The number of carbonyl (C=O) groups excluding carboxylic acids is 1. The van der Waals surface area contributed by atoms with Gasteiger partial charge < -0.3 is 9.47 Å². The molecule has 0 aromatic carbocycles. The minimum Gasteiger partial charge on any atom is -0.468 e. The molecule has 1 saturated heterocycles. The molecule has 1 fully saturated rings. The van der Waals surface area contributed by atoms with Crippen LogP contribution in [0.4, 0.5) is 0 Å². The number of carbonyl (C=O) groups is 1. The largest absolute Gasteiger partial charge is 0.468 e. The number of methoxy groups -OCH3 is 2. The lowest BCUT2D eigenvalue weighted by molar-refractivity contribution is -0.149. The Labute approximate surface area is 91.5 Å². The Morgan fingerprint density at radius 3 is 2.80 bits per heavy atom. The Morgan fingerprint density at radius 1 is 1.47 bits per heavy atom. The van der Waals surface area contributed by atoms with Crippen molar-refractivity contribution in [3.8, 4) is 0 Å². The number of likely N-dealkylation sites (tertiary alicyclic amines) is 1. The van der Waals surface area contributed by atoms with Gasteiger partial charge in [-0.3, -0.25) is 9.69 Å². The summed E-state index contributed by atoms with van der Waals surface area (Å²) in [4.78, 5) is 13.7. The molecule has 0 saturated carbocycles. The van der Waals surface area contributed by atoms with Gasteiger partial charge in [0.05, 0.1) is 13.2 Å². The molecule has 1 unspecified atom stereocenters. The van der Waals surface area contributed by atoms with Crippen LogP contribution in [0.5, 0.6) is 0 Å². The summed E-state index contributed by atoms with van der Waals surface area (Å²) >= 11 is 0. The van der Waals surface area contributed by atoms with Gasteiger partial charge in [-0.05, 0) is 26.3 Å². The van der Waals surface area contributed by atoms with E-state index in [9.17, 15) is 4.79 Å². The van der Waals surface area contributed by atoms with Crippen LogP contribution in [0, 0.1) is 0 Å². The number of hydrogen-bond acceptors (Lipinski definition) is 4. The van der Waals surface area contributed by atoms with E-state index in [1.165, 1.54) is 7.11 Å². The van der Waals surface area contributed by atoms with Gasteiger partial charge in [-0.25, -0.2) is 0 Å². The molecule has 1 aliphatic rings. The molecule has 0 bridgehead atoms. The second kappa shape index (κ2) is 6.08. The molecule has 0 amide bonds. The summed E-state index contributed by atoms with van der Waals surface area (Å²) in [5.74, 6) is -0.113. The summed E-state index contributed by atoms with van der Waals surface area (Å²) in [7, 11) is 3.15. The molecule has 0 spiro atoms. The molecule has 4 nitrogen and oxygen atoms in total. The highest BCUT2D eigenvalue weighted by Crippen LogP contribution is 2.18. The van der Waals surface area contributed by atoms with E-state index in [0.717, 1.165) is 32.4 Å². The van der Waals surface area contributed by atoms with Crippen molar-refractivity contribution in [3.05, 3.63) is 0 Å². The second-order valence-electron chi connectivity index (χ2n) is 4.08. The lowest BCUT2D eigenvalue weighted by Crippen LogP contribution is -2.48. The molecular weight excluding hydrogens is 194 g/mol. The summed E-state index contributed by atoms with van der Waals surface area (Å²) in [6.45, 7) is 3.78. The van der Waals surface area contributed by atoms with Crippen molar-refractivity contribution in [1.82, 2.24) is 4.90 Å². The van der Waals surface area contributed by atoms with Crippen molar-refractivity contribution in [2.24, 2.45) is 0 Å². The quantitative estimate of drug-likeness (QED) is 0.657. The lowest BCUT2D eigenvalue weighted by atomic mass is 10.0. The molecule has 1 rings (SSSR count). The summed E-state index contributed by atoms with van der Waals surface area (Å²) in [5, 5.41) is 0. The van der Waals surface area contributed by atoms with E-state index >= 15 is 0 Å². The zero-order valence-electron chi connectivity index (χ0n) is 9.86. The van der Waals surface area contributed by atoms with Crippen LogP contribution >= 0.6 is 0 Å². The zero-order valence-corrected chi connectivity index (χ0v) is 9.86.